The van der Waals surface area contributed by atoms with Crippen molar-refractivity contribution in [3.05, 3.63) is 33.3 Å². The van der Waals surface area contributed by atoms with Crippen molar-refractivity contribution in [3.8, 4) is 0 Å². The van der Waals surface area contributed by atoms with Crippen LogP contribution in [0.4, 0.5) is 0 Å². The summed E-state index contributed by atoms with van der Waals surface area (Å²) in [4.78, 5) is 25.9. The van der Waals surface area contributed by atoms with Crippen LogP contribution in [0.25, 0.3) is 0 Å². The maximum absolute atomic E-state index is 12.5. The maximum atomic E-state index is 12.5. The van der Waals surface area contributed by atoms with Crippen LogP contribution in [0.15, 0.2) is 22.7 Å². The van der Waals surface area contributed by atoms with Gasteiger partial charge >= 0.3 is 0 Å². The Labute approximate surface area is 139 Å². The summed E-state index contributed by atoms with van der Waals surface area (Å²) in [5.41, 5.74) is 0.478. The zero-order chi connectivity index (χ0) is 15.8. The van der Waals surface area contributed by atoms with E-state index in [1.807, 2.05) is 13.8 Å². The quantitative estimate of drug-likeness (QED) is 0.793. The molecule has 0 radical (unpaired) electrons. The summed E-state index contributed by atoms with van der Waals surface area (Å²) in [7, 11) is 0. The first-order chi connectivity index (χ1) is 9.97. The van der Waals surface area contributed by atoms with E-state index in [2.05, 4.69) is 21.2 Å². The van der Waals surface area contributed by atoms with Crippen LogP contribution in [-0.2, 0) is 4.79 Å². The van der Waals surface area contributed by atoms with Crippen LogP contribution in [0.2, 0.25) is 5.02 Å². The number of hydrogen-bond acceptors (Lipinski definition) is 2. The predicted molar refractivity (Wildman–Crippen MR) is 88.6 cm³/mol. The highest BCUT2D eigenvalue weighted by Gasteiger charge is 2.18. The maximum Gasteiger partial charge on any atom is 0.254 e. The van der Waals surface area contributed by atoms with Crippen molar-refractivity contribution in [1.29, 1.82) is 0 Å². The van der Waals surface area contributed by atoms with Gasteiger partial charge in [0, 0.05) is 28.1 Å². The molecule has 0 aliphatic heterocycles. The number of benzene rings is 1. The molecule has 0 aliphatic rings. The molecule has 116 valence electrons. The third kappa shape index (κ3) is 6.06. The fourth-order valence-electron chi connectivity index (χ4n) is 1.88. The lowest BCUT2D eigenvalue weighted by Crippen LogP contribution is -2.41. The van der Waals surface area contributed by atoms with Crippen molar-refractivity contribution in [2.24, 2.45) is 0 Å². The van der Waals surface area contributed by atoms with Crippen molar-refractivity contribution >= 4 is 39.3 Å². The van der Waals surface area contributed by atoms with Crippen molar-refractivity contribution in [2.75, 3.05) is 19.6 Å². The zero-order valence-electron chi connectivity index (χ0n) is 12.3. The molecular formula is C15H20BrClN2O2. The highest BCUT2D eigenvalue weighted by molar-refractivity contribution is 9.10. The Balaban J connectivity index is 2.83. The summed E-state index contributed by atoms with van der Waals surface area (Å²) in [6.07, 6.45) is 1.66. The second-order valence-corrected chi connectivity index (χ2v) is 6.09. The molecule has 0 spiro atoms. The van der Waals surface area contributed by atoms with Crippen LogP contribution in [-0.4, -0.2) is 36.3 Å². The Bertz CT molecular complexity index is 488. The summed E-state index contributed by atoms with van der Waals surface area (Å²) in [6.45, 7) is 5.17. The molecule has 0 atom stereocenters. The highest BCUT2D eigenvalue weighted by Crippen LogP contribution is 2.20. The van der Waals surface area contributed by atoms with Gasteiger partial charge in [0.1, 0.15) is 0 Å². The number of halogens is 2. The summed E-state index contributed by atoms with van der Waals surface area (Å²) >= 11 is 9.29. The van der Waals surface area contributed by atoms with Crippen LogP contribution in [0.1, 0.15) is 37.0 Å². The van der Waals surface area contributed by atoms with Gasteiger partial charge < -0.3 is 10.2 Å². The van der Waals surface area contributed by atoms with Crippen LogP contribution < -0.4 is 5.32 Å². The predicted octanol–water partition coefficient (Wildman–Crippen LogP) is 3.48. The molecule has 1 rings (SSSR count). The molecule has 0 unspecified atom stereocenters. The van der Waals surface area contributed by atoms with Crippen LogP contribution >= 0.6 is 27.5 Å². The largest absolute Gasteiger partial charge is 0.355 e. The average Bonchev–Trinajstić information content (AvgIpc) is 2.42. The molecule has 0 aliphatic carbocycles. The minimum absolute atomic E-state index is 0.0663. The monoisotopic (exact) mass is 374 g/mol. The van der Waals surface area contributed by atoms with E-state index in [4.69, 9.17) is 11.6 Å². The van der Waals surface area contributed by atoms with Gasteiger partial charge in [0.2, 0.25) is 5.91 Å². The van der Waals surface area contributed by atoms with Gasteiger partial charge in [-0.2, -0.15) is 0 Å². The lowest BCUT2D eigenvalue weighted by atomic mass is 10.2. The average molecular weight is 376 g/mol. The Hall–Kier alpha value is -1.07. The molecule has 1 aromatic rings. The molecule has 21 heavy (non-hydrogen) atoms. The number of nitrogens with zero attached hydrogens (tertiary/aromatic N) is 1. The van der Waals surface area contributed by atoms with Crippen LogP contribution in [0, 0.1) is 0 Å². The molecule has 1 aromatic carbocycles. The van der Waals surface area contributed by atoms with E-state index in [0.29, 0.717) is 23.7 Å². The van der Waals surface area contributed by atoms with Gasteiger partial charge in [-0.1, -0.05) is 41.4 Å². The second kappa shape index (κ2) is 9.05. The summed E-state index contributed by atoms with van der Waals surface area (Å²) in [5.74, 6) is -0.327. The number of carbonyl (C=O) groups is 2. The number of hydrogen-bond donors (Lipinski definition) is 1. The molecule has 0 heterocycles. The topological polar surface area (TPSA) is 49.4 Å². The lowest BCUT2D eigenvalue weighted by Gasteiger charge is -2.22. The molecule has 6 heteroatoms. The number of nitrogens with one attached hydrogen (secondary N) is 1. The Morgan fingerprint density at radius 2 is 1.95 bits per heavy atom. The Morgan fingerprint density at radius 3 is 2.52 bits per heavy atom. The van der Waals surface area contributed by atoms with Crippen molar-refractivity contribution in [2.45, 2.75) is 26.7 Å². The molecular weight excluding hydrogens is 356 g/mol. The summed E-state index contributed by atoms with van der Waals surface area (Å²) in [5, 5.41) is 3.27. The van der Waals surface area contributed by atoms with Gasteiger partial charge in [-0.15, -0.1) is 0 Å². The molecule has 0 saturated carbocycles. The first-order valence-electron chi connectivity index (χ1n) is 7.00. The summed E-state index contributed by atoms with van der Waals surface area (Å²) in [6, 6.07) is 5.04. The third-order valence-electron chi connectivity index (χ3n) is 2.80. The smallest absolute Gasteiger partial charge is 0.254 e. The fourth-order valence-corrected chi connectivity index (χ4v) is 2.74. The van der Waals surface area contributed by atoms with Gasteiger partial charge in [-0.05, 0) is 31.0 Å². The first kappa shape index (κ1) is 18.0. The third-order valence-corrected chi connectivity index (χ3v) is 3.47. The van der Waals surface area contributed by atoms with E-state index in [-0.39, 0.29) is 18.4 Å². The van der Waals surface area contributed by atoms with Crippen molar-refractivity contribution in [1.82, 2.24) is 10.2 Å². The standard InChI is InChI=1S/C15H20BrClN2O2/c1-3-5-18-14(20)10-19(6-4-2)15(21)11-7-12(16)9-13(17)8-11/h7-9H,3-6,10H2,1-2H3,(H,18,20). The molecule has 0 aromatic heterocycles. The van der Waals surface area contributed by atoms with Gasteiger partial charge in [0.15, 0.2) is 0 Å². The van der Waals surface area contributed by atoms with E-state index in [1.165, 1.54) is 0 Å². The van der Waals surface area contributed by atoms with Crippen molar-refractivity contribution in [3.63, 3.8) is 0 Å². The second-order valence-electron chi connectivity index (χ2n) is 4.73. The van der Waals surface area contributed by atoms with Gasteiger partial charge in [-0.3, -0.25) is 9.59 Å². The molecule has 0 bridgehead atoms. The molecule has 4 nitrogen and oxygen atoms in total. The Morgan fingerprint density at radius 1 is 1.24 bits per heavy atom. The van der Waals surface area contributed by atoms with Crippen LogP contribution in [0.5, 0.6) is 0 Å². The summed E-state index contributed by atoms with van der Waals surface area (Å²) < 4.78 is 0.741. The van der Waals surface area contributed by atoms with E-state index in [0.717, 1.165) is 17.3 Å². The minimum atomic E-state index is -0.188. The van der Waals surface area contributed by atoms with Crippen LogP contribution in [0.3, 0.4) is 0 Å². The lowest BCUT2D eigenvalue weighted by molar-refractivity contribution is -0.121. The molecule has 1 N–H and O–H groups in total. The number of amides is 2. The van der Waals surface area contributed by atoms with Gasteiger partial charge in [0.05, 0.1) is 6.54 Å². The van der Waals surface area contributed by atoms with Crippen molar-refractivity contribution < 1.29 is 9.59 Å². The van der Waals surface area contributed by atoms with Gasteiger partial charge in [0.25, 0.3) is 5.91 Å². The highest BCUT2D eigenvalue weighted by atomic mass is 79.9. The van der Waals surface area contributed by atoms with Gasteiger partial charge in [-0.25, -0.2) is 0 Å². The SMILES string of the molecule is CCCNC(=O)CN(CCC)C(=O)c1cc(Cl)cc(Br)c1. The number of carbonyl (C=O) groups excluding carboxylic acids is 2. The number of rotatable bonds is 7. The van der Waals surface area contributed by atoms with E-state index >= 15 is 0 Å². The first-order valence-corrected chi connectivity index (χ1v) is 8.17. The van der Waals surface area contributed by atoms with E-state index in [9.17, 15) is 9.59 Å². The minimum Gasteiger partial charge on any atom is -0.355 e. The molecule has 0 saturated heterocycles. The van der Waals surface area contributed by atoms with E-state index in [1.54, 1.807) is 23.1 Å². The zero-order valence-corrected chi connectivity index (χ0v) is 14.6. The molecule has 0 fully saturated rings. The fraction of sp³-hybridized carbons (Fsp3) is 0.467. The normalized spacial score (nSPS) is 10.3. The Kier molecular flexibility index (Phi) is 7.75. The molecule has 2 amide bonds. The van der Waals surface area contributed by atoms with E-state index < -0.39 is 0 Å².